The zero-order chi connectivity index (χ0) is 24.8. The van der Waals surface area contributed by atoms with Crippen LogP contribution in [0.15, 0.2) is 102 Å². The van der Waals surface area contributed by atoms with Gasteiger partial charge >= 0.3 is 213 Å². The molecule has 3 rings (SSSR count). The summed E-state index contributed by atoms with van der Waals surface area (Å²) < 4.78 is 28.4. The molecule has 34 heavy (non-hydrogen) atoms. The zero-order valence-electron chi connectivity index (χ0n) is 20.1. The SMILES string of the molecule is C=C[C@H](O)C[C@H]([C@@H](CS(=O)(=O)c1ccc(C)cc1)[Se]c1ccccc1)[Si](C)(C)c1ccccc1. The Hall–Kier alpha value is -1.95. The summed E-state index contributed by atoms with van der Waals surface area (Å²) in [6.07, 6.45) is 1.42. The van der Waals surface area contributed by atoms with Gasteiger partial charge in [-0.25, -0.2) is 0 Å². The van der Waals surface area contributed by atoms with Crippen molar-refractivity contribution in [2.45, 2.75) is 47.8 Å². The molecule has 3 atom stereocenters. The van der Waals surface area contributed by atoms with Gasteiger partial charge in [0.1, 0.15) is 0 Å². The summed E-state index contributed by atoms with van der Waals surface area (Å²) in [5.41, 5.74) is 1.09. The summed E-state index contributed by atoms with van der Waals surface area (Å²) in [5, 5.41) is 11.9. The molecule has 0 saturated carbocycles. The molecule has 0 aliphatic carbocycles. The number of hydrogen-bond donors (Lipinski definition) is 1. The Morgan fingerprint density at radius 2 is 1.50 bits per heavy atom. The van der Waals surface area contributed by atoms with Gasteiger partial charge in [0, 0.05) is 0 Å². The summed E-state index contributed by atoms with van der Waals surface area (Å²) in [6.45, 7) is 10.4. The van der Waals surface area contributed by atoms with E-state index >= 15 is 0 Å². The van der Waals surface area contributed by atoms with Crippen LogP contribution in [0.25, 0.3) is 0 Å². The van der Waals surface area contributed by atoms with Crippen molar-refractivity contribution in [2.75, 3.05) is 5.75 Å². The van der Waals surface area contributed by atoms with E-state index in [0.717, 1.165) is 5.56 Å². The van der Waals surface area contributed by atoms with Crippen LogP contribution < -0.4 is 9.65 Å². The third-order valence-corrected chi connectivity index (χ3v) is 16.4. The van der Waals surface area contributed by atoms with Crippen LogP contribution in [-0.4, -0.2) is 48.4 Å². The van der Waals surface area contributed by atoms with Gasteiger partial charge in [-0.3, -0.25) is 0 Å². The molecule has 0 fully saturated rings. The van der Waals surface area contributed by atoms with E-state index in [2.05, 4.69) is 43.9 Å². The average Bonchev–Trinajstić information content (AvgIpc) is 2.83. The third-order valence-electron chi connectivity index (χ3n) is 6.46. The molecule has 180 valence electrons. The second-order valence-electron chi connectivity index (χ2n) is 9.30. The zero-order valence-corrected chi connectivity index (χ0v) is 23.6. The van der Waals surface area contributed by atoms with Gasteiger partial charge in [-0.15, -0.1) is 0 Å². The van der Waals surface area contributed by atoms with Crippen LogP contribution in [0.5, 0.6) is 0 Å². The molecule has 0 aliphatic rings. The van der Waals surface area contributed by atoms with Crippen LogP contribution in [0.1, 0.15) is 12.0 Å². The second-order valence-corrected chi connectivity index (χ2v) is 18.8. The number of hydrogen-bond acceptors (Lipinski definition) is 3. The first-order valence-corrected chi connectivity index (χ1v) is 18.1. The van der Waals surface area contributed by atoms with Crippen molar-refractivity contribution in [2.24, 2.45) is 0 Å². The molecule has 0 spiro atoms. The molecule has 0 radical (unpaired) electrons. The molecule has 1 N–H and O–H groups in total. The normalized spacial score (nSPS) is 14.8. The van der Waals surface area contributed by atoms with Gasteiger partial charge in [-0.2, -0.15) is 0 Å². The minimum atomic E-state index is -3.50. The Balaban J connectivity index is 2.07. The topological polar surface area (TPSA) is 54.4 Å². The fourth-order valence-corrected chi connectivity index (χ4v) is 15.3. The molecule has 0 saturated heterocycles. The van der Waals surface area contributed by atoms with Crippen LogP contribution >= 0.6 is 0 Å². The number of rotatable bonds is 11. The van der Waals surface area contributed by atoms with E-state index in [-0.39, 0.29) is 31.1 Å². The van der Waals surface area contributed by atoms with Gasteiger partial charge in [-0.05, 0) is 0 Å². The molecule has 3 aromatic carbocycles. The van der Waals surface area contributed by atoms with Crippen LogP contribution in [0.3, 0.4) is 0 Å². The second kappa shape index (κ2) is 11.7. The van der Waals surface area contributed by atoms with E-state index < -0.39 is 24.0 Å². The van der Waals surface area contributed by atoms with Gasteiger partial charge in [0.05, 0.1) is 0 Å². The van der Waals surface area contributed by atoms with Gasteiger partial charge in [0.2, 0.25) is 0 Å². The standard InChI is InChI=1S/C28H34O3SSeSi/c1-5-23(29)20-28(34(3,4)26-14-10-7-11-15-26)27(33-25-12-8-6-9-13-25)21-32(30,31)24-18-16-22(2)17-19-24/h5-19,23,27-29H,1,20-21H2,2-4H3/t23-,27+,28+/m0/s1. The van der Waals surface area contributed by atoms with Crippen molar-refractivity contribution in [3.05, 3.63) is 103 Å². The Morgan fingerprint density at radius 1 is 0.941 bits per heavy atom. The Kier molecular flexibility index (Phi) is 9.13. The monoisotopic (exact) mass is 558 g/mol. The summed E-state index contributed by atoms with van der Waals surface area (Å²) in [5.74, 6) is 0.0722. The molecule has 0 bridgehead atoms. The third kappa shape index (κ3) is 6.80. The predicted molar refractivity (Wildman–Crippen MR) is 147 cm³/mol. The van der Waals surface area contributed by atoms with Crippen LogP contribution in [0, 0.1) is 6.92 Å². The van der Waals surface area contributed by atoms with Crippen molar-refractivity contribution in [1.82, 2.24) is 0 Å². The number of benzene rings is 3. The van der Waals surface area contributed by atoms with Crippen molar-refractivity contribution in [3.63, 3.8) is 0 Å². The maximum atomic E-state index is 13.6. The molecule has 6 heteroatoms. The quantitative estimate of drug-likeness (QED) is 0.279. The van der Waals surface area contributed by atoms with Crippen molar-refractivity contribution in [3.8, 4) is 0 Å². The van der Waals surface area contributed by atoms with E-state index in [1.54, 1.807) is 18.2 Å². The summed E-state index contributed by atoms with van der Waals surface area (Å²) in [7, 11) is -5.67. The minimum absolute atomic E-state index is 0.0586. The molecule has 0 amide bonds. The van der Waals surface area contributed by atoms with E-state index in [4.69, 9.17) is 0 Å². The molecule has 3 aromatic rings. The number of aliphatic hydroxyl groups excluding tert-OH is 1. The van der Waals surface area contributed by atoms with Gasteiger partial charge in [0.25, 0.3) is 0 Å². The Bertz CT molecular complexity index is 1160. The van der Waals surface area contributed by atoms with E-state index in [9.17, 15) is 13.5 Å². The fourth-order valence-electron chi connectivity index (χ4n) is 4.31. The van der Waals surface area contributed by atoms with Crippen molar-refractivity contribution in [1.29, 1.82) is 0 Å². The van der Waals surface area contributed by atoms with Crippen molar-refractivity contribution >= 4 is 42.5 Å². The summed E-state index contributed by atoms with van der Waals surface area (Å²) in [6, 6.07) is 27.7. The Morgan fingerprint density at radius 3 is 2.06 bits per heavy atom. The molecular formula is C28H34O3SSeSi. The maximum absolute atomic E-state index is 13.6. The summed E-state index contributed by atoms with van der Waals surface area (Å²) >= 11 is -0.0797. The number of aliphatic hydroxyl groups is 1. The molecule has 0 aromatic heterocycles. The van der Waals surface area contributed by atoms with E-state index in [1.807, 2.05) is 55.5 Å². The van der Waals surface area contributed by atoms with Crippen LogP contribution in [0.4, 0.5) is 0 Å². The molecule has 0 heterocycles. The van der Waals surface area contributed by atoms with Crippen LogP contribution in [-0.2, 0) is 9.84 Å². The average molecular weight is 558 g/mol. The van der Waals surface area contributed by atoms with Gasteiger partial charge < -0.3 is 0 Å². The van der Waals surface area contributed by atoms with Crippen molar-refractivity contribution < 1.29 is 13.5 Å². The molecule has 0 aliphatic heterocycles. The Labute approximate surface area is 212 Å². The van der Waals surface area contributed by atoms with E-state index in [0.29, 0.717) is 11.3 Å². The summed E-state index contributed by atoms with van der Waals surface area (Å²) in [4.78, 5) is 0.284. The molecule has 3 nitrogen and oxygen atoms in total. The number of sulfone groups is 1. The molecular weight excluding hydrogens is 523 g/mol. The molecule has 0 unspecified atom stereocenters. The first-order chi connectivity index (χ1) is 16.1. The van der Waals surface area contributed by atoms with Gasteiger partial charge in [-0.1, -0.05) is 0 Å². The van der Waals surface area contributed by atoms with Crippen LogP contribution in [0.2, 0.25) is 23.5 Å². The predicted octanol–water partition coefficient (Wildman–Crippen LogP) is 4.51. The fraction of sp³-hybridized carbons (Fsp3) is 0.286. The first-order valence-electron chi connectivity index (χ1n) is 11.5. The van der Waals surface area contributed by atoms with E-state index in [1.165, 1.54) is 9.65 Å². The van der Waals surface area contributed by atoms with Gasteiger partial charge in [0.15, 0.2) is 0 Å². The first kappa shape index (κ1) is 26.6. The number of aryl methyl sites for hydroxylation is 1.